The molecule has 0 aromatic rings. The smallest absolute Gasteiger partial charge is 0.306 e. The van der Waals surface area contributed by atoms with Crippen LogP contribution in [0, 0.1) is 0 Å². The van der Waals surface area contributed by atoms with Gasteiger partial charge in [0.15, 0.2) is 6.08 Å². The summed E-state index contributed by atoms with van der Waals surface area (Å²) in [6.45, 7) is -0.248. The van der Waals surface area contributed by atoms with Crippen LogP contribution in [0.5, 0.6) is 0 Å². The standard InChI is InChI=1S/C55H100O6/c1-4-7-10-13-16-19-22-25-27-30-33-36-39-42-45-48-54(57)60-51-52(50-59-53(56)47-44-41-38-35-32-29-24-21-18-15-12-9-6-3)61-55(58)49-46-43-40-37-34-31-28-26-23-20-17-14-11-8-5-2/h17,20,22,25-26,28,52H,4-16,18-19,21,23-24,27,29-51H2,1-3H3/b20-17-,25-22-,28-26-/i50D2,51D2,52D. The summed E-state index contributed by atoms with van der Waals surface area (Å²) in [5.41, 5.74) is 0. The van der Waals surface area contributed by atoms with Crippen LogP contribution in [-0.2, 0) is 28.6 Å². The Morgan fingerprint density at radius 1 is 0.377 bits per heavy atom. The number of unbranched alkanes of at least 4 members (excludes halogenated alkanes) is 31. The molecule has 0 aromatic heterocycles. The van der Waals surface area contributed by atoms with Gasteiger partial charge in [-0.2, -0.15) is 0 Å². The lowest BCUT2D eigenvalue weighted by Crippen LogP contribution is -2.30. The summed E-state index contributed by atoms with van der Waals surface area (Å²) in [7, 11) is 0. The first-order valence-electron chi connectivity index (χ1n) is 28.5. The predicted molar refractivity (Wildman–Crippen MR) is 261 cm³/mol. The zero-order chi connectivity index (χ0) is 48.9. The van der Waals surface area contributed by atoms with Crippen molar-refractivity contribution < 1.29 is 35.4 Å². The third-order valence-electron chi connectivity index (χ3n) is 11.2. The monoisotopic (exact) mass is 862 g/mol. The molecular weight excluding hydrogens is 757 g/mol. The number of hydrogen-bond donors (Lipinski definition) is 0. The predicted octanol–water partition coefficient (Wildman–Crippen LogP) is 17.3. The molecule has 0 radical (unpaired) electrons. The van der Waals surface area contributed by atoms with Crippen LogP contribution in [-0.4, -0.2) is 37.1 Å². The molecule has 0 bridgehead atoms. The maximum absolute atomic E-state index is 13.1. The van der Waals surface area contributed by atoms with Crippen LogP contribution in [0.25, 0.3) is 0 Å². The summed E-state index contributed by atoms with van der Waals surface area (Å²) in [6, 6.07) is 0. The largest absolute Gasteiger partial charge is 0.462 e. The topological polar surface area (TPSA) is 78.9 Å². The highest BCUT2D eigenvalue weighted by Gasteiger charge is 2.19. The molecule has 0 heterocycles. The SMILES string of the molecule is [2H]C([2H])(OC(=O)CCCCCCCC/C=C\CCCCCCC)C([2H])(OC(=O)CCCCCCC/C=C\C/C=C\CCCCC)C([2H])([2H])OC(=O)CCCCCCCCCCCCCCC. The molecule has 61 heavy (non-hydrogen) atoms. The normalized spacial score (nSPS) is 14.4. The van der Waals surface area contributed by atoms with Crippen LogP contribution < -0.4 is 0 Å². The Balaban J connectivity index is 5.04. The summed E-state index contributed by atoms with van der Waals surface area (Å²) >= 11 is 0. The minimum atomic E-state index is -3.50. The molecule has 0 rings (SSSR count). The molecule has 0 fully saturated rings. The molecule has 1 atom stereocenters. The molecule has 6 nitrogen and oxygen atoms in total. The van der Waals surface area contributed by atoms with Crippen LogP contribution in [0.2, 0.25) is 0 Å². The fraction of sp³-hybridized carbons (Fsp3) is 0.836. The molecule has 6 heteroatoms. The van der Waals surface area contributed by atoms with Crippen molar-refractivity contribution in [3.63, 3.8) is 0 Å². The van der Waals surface area contributed by atoms with Gasteiger partial charge >= 0.3 is 17.9 Å². The van der Waals surface area contributed by atoms with Gasteiger partial charge in [0.05, 0.1) is 6.85 Å². The molecule has 0 aliphatic heterocycles. The highest BCUT2D eigenvalue weighted by Crippen LogP contribution is 2.15. The second kappa shape index (κ2) is 50.3. The van der Waals surface area contributed by atoms with Crippen molar-refractivity contribution in [2.45, 2.75) is 284 Å². The van der Waals surface area contributed by atoms with E-state index in [2.05, 4.69) is 57.2 Å². The highest BCUT2D eigenvalue weighted by molar-refractivity contribution is 5.71. The van der Waals surface area contributed by atoms with E-state index in [4.69, 9.17) is 21.1 Å². The minimum Gasteiger partial charge on any atom is -0.462 e. The number of esters is 3. The third-order valence-corrected chi connectivity index (χ3v) is 11.2. The van der Waals surface area contributed by atoms with Crippen LogP contribution >= 0.6 is 0 Å². The lowest BCUT2D eigenvalue weighted by molar-refractivity contribution is -0.167. The first-order chi connectivity index (χ1) is 31.9. The molecule has 356 valence electrons. The average Bonchev–Trinajstić information content (AvgIpc) is 3.27. The van der Waals surface area contributed by atoms with Gasteiger partial charge in [0.2, 0.25) is 0 Å². The van der Waals surface area contributed by atoms with Crippen LogP contribution in [0.4, 0.5) is 0 Å². The van der Waals surface area contributed by atoms with Crippen LogP contribution in [0.1, 0.15) is 284 Å². The van der Waals surface area contributed by atoms with Gasteiger partial charge < -0.3 is 14.2 Å². The van der Waals surface area contributed by atoms with E-state index in [-0.39, 0.29) is 19.3 Å². The van der Waals surface area contributed by atoms with Crippen molar-refractivity contribution in [2.75, 3.05) is 13.1 Å². The number of carbonyl (C=O) groups is 3. The number of rotatable bonds is 48. The summed E-state index contributed by atoms with van der Waals surface area (Å²) in [6.07, 6.45) is 48.7. The Labute approximate surface area is 385 Å². The molecule has 0 aliphatic rings. The van der Waals surface area contributed by atoms with Crippen molar-refractivity contribution in [1.29, 1.82) is 0 Å². The molecule has 0 aliphatic carbocycles. The van der Waals surface area contributed by atoms with Gasteiger partial charge in [-0.1, -0.05) is 218 Å². The Kier molecular flexibility index (Phi) is 40.9. The van der Waals surface area contributed by atoms with Crippen molar-refractivity contribution >= 4 is 17.9 Å². The maximum Gasteiger partial charge on any atom is 0.306 e. The van der Waals surface area contributed by atoms with Crippen molar-refractivity contribution in [1.82, 2.24) is 0 Å². The third kappa shape index (κ3) is 48.5. The van der Waals surface area contributed by atoms with Gasteiger partial charge in [-0.3, -0.25) is 14.4 Å². The highest BCUT2D eigenvalue weighted by atomic mass is 16.6. The summed E-state index contributed by atoms with van der Waals surface area (Å²) < 4.78 is 58.8. The van der Waals surface area contributed by atoms with Gasteiger partial charge in [-0.25, -0.2) is 0 Å². The fourth-order valence-corrected chi connectivity index (χ4v) is 7.24. The number of carbonyl (C=O) groups excluding carboxylic acids is 3. The maximum atomic E-state index is 13.1. The second-order valence-electron chi connectivity index (χ2n) is 17.3. The van der Waals surface area contributed by atoms with E-state index in [1.54, 1.807) is 0 Å². The van der Waals surface area contributed by atoms with E-state index in [1.165, 1.54) is 103 Å². The lowest BCUT2D eigenvalue weighted by Gasteiger charge is -2.18. The molecule has 0 saturated heterocycles. The van der Waals surface area contributed by atoms with Gasteiger partial charge in [0.25, 0.3) is 0 Å². The quantitative estimate of drug-likeness (QED) is 0.0262. The summed E-state index contributed by atoms with van der Waals surface area (Å²) in [4.78, 5) is 39.0. The number of ether oxygens (including phenoxy) is 3. The Bertz CT molecular complexity index is 1250. The molecule has 0 saturated carbocycles. The zero-order valence-corrected chi connectivity index (χ0v) is 40.2. The minimum absolute atomic E-state index is 0.133. The van der Waals surface area contributed by atoms with Gasteiger partial charge in [-0.05, 0) is 77.0 Å². The van der Waals surface area contributed by atoms with Gasteiger partial charge in [0.1, 0.15) is 13.1 Å². The fourth-order valence-electron chi connectivity index (χ4n) is 7.24. The average molecular weight is 862 g/mol. The molecule has 1 unspecified atom stereocenters. The van der Waals surface area contributed by atoms with Crippen molar-refractivity contribution in [3.8, 4) is 0 Å². The summed E-state index contributed by atoms with van der Waals surface area (Å²) in [5.74, 6) is -2.97. The second-order valence-corrected chi connectivity index (χ2v) is 17.3. The number of hydrogen-bond acceptors (Lipinski definition) is 6. The van der Waals surface area contributed by atoms with Crippen LogP contribution in [0.15, 0.2) is 36.5 Å². The van der Waals surface area contributed by atoms with E-state index in [0.717, 1.165) is 109 Å². The lowest BCUT2D eigenvalue weighted by atomic mass is 10.0. The van der Waals surface area contributed by atoms with Crippen molar-refractivity contribution in [2.24, 2.45) is 0 Å². The van der Waals surface area contributed by atoms with E-state index in [1.807, 2.05) is 0 Å². The zero-order valence-electron chi connectivity index (χ0n) is 45.2. The molecule has 0 amide bonds. The molecule has 0 N–H and O–H groups in total. The first kappa shape index (κ1) is 49.6. The van der Waals surface area contributed by atoms with E-state index in [9.17, 15) is 14.4 Å². The van der Waals surface area contributed by atoms with Crippen LogP contribution in [0.3, 0.4) is 0 Å². The van der Waals surface area contributed by atoms with E-state index in [0.29, 0.717) is 25.7 Å². The Hall–Kier alpha value is -2.37. The molecular formula is C55H100O6. The molecule has 0 aromatic carbocycles. The Morgan fingerprint density at radius 2 is 0.639 bits per heavy atom. The van der Waals surface area contributed by atoms with Gasteiger partial charge in [0, 0.05) is 19.3 Å². The summed E-state index contributed by atoms with van der Waals surface area (Å²) in [5, 5.41) is 0. The van der Waals surface area contributed by atoms with E-state index < -0.39 is 37.1 Å². The first-order valence-corrected chi connectivity index (χ1v) is 26.0. The van der Waals surface area contributed by atoms with Crippen molar-refractivity contribution in [3.05, 3.63) is 36.5 Å². The number of allylic oxidation sites excluding steroid dienone is 6. The molecule has 0 spiro atoms. The Morgan fingerprint density at radius 3 is 1.00 bits per heavy atom. The van der Waals surface area contributed by atoms with Gasteiger partial charge in [-0.15, -0.1) is 0 Å². The van der Waals surface area contributed by atoms with E-state index >= 15 is 0 Å².